The number of thioether (sulfide) groups is 1. The van der Waals surface area contributed by atoms with Crippen LogP contribution >= 0.6 is 11.8 Å². The van der Waals surface area contributed by atoms with Crippen molar-refractivity contribution in [2.24, 2.45) is 0 Å². The maximum absolute atomic E-state index is 11.7. The molecule has 1 heterocycles. The number of nitrogens with one attached hydrogen (secondary N) is 2. The van der Waals surface area contributed by atoms with Gasteiger partial charge >= 0.3 is 12.0 Å². The second-order valence-corrected chi connectivity index (χ2v) is 6.11. The van der Waals surface area contributed by atoms with Crippen LogP contribution in [0.1, 0.15) is 29.6 Å². The Kier molecular flexibility index (Phi) is 5.29. The number of anilines is 1. The number of carbonyl (C=O) groups excluding carboxylic acids is 1. The zero-order chi connectivity index (χ0) is 14.4. The fraction of sp³-hybridized carbons (Fsp3) is 0.429. The van der Waals surface area contributed by atoms with Gasteiger partial charge in [-0.25, -0.2) is 9.59 Å². The van der Waals surface area contributed by atoms with Gasteiger partial charge in [0.1, 0.15) is 0 Å². The van der Waals surface area contributed by atoms with E-state index in [1.54, 1.807) is 12.1 Å². The van der Waals surface area contributed by atoms with Gasteiger partial charge in [-0.05, 0) is 42.9 Å². The van der Waals surface area contributed by atoms with Crippen molar-refractivity contribution in [3.63, 3.8) is 0 Å². The minimum absolute atomic E-state index is 0.203. The molecule has 1 aliphatic rings. The third-order valence-corrected chi connectivity index (χ3v) is 4.55. The fourth-order valence-electron chi connectivity index (χ4n) is 2.05. The number of hydrogen-bond donors (Lipinski definition) is 3. The molecule has 0 radical (unpaired) electrons. The second-order valence-electron chi connectivity index (χ2n) is 4.71. The SMILES string of the molecule is O=C(NCC1CCCCS1)Nc1ccc(C(=O)O)cc1. The minimum atomic E-state index is -0.977. The summed E-state index contributed by atoms with van der Waals surface area (Å²) in [7, 11) is 0. The van der Waals surface area contributed by atoms with E-state index in [-0.39, 0.29) is 11.6 Å². The van der Waals surface area contributed by atoms with Gasteiger partial charge in [-0.2, -0.15) is 11.8 Å². The summed E-state index contributed by atoms with van der Waals surface area (Å²) >= 11 is 1.91. The summed E-state index contributed by atoms with van der Waals surface area (Å²) in [6, 6.07) is 5.85. The summed E-state index contributed by atoms with van der Waals surface area (Å²) in [6.45, 7) is 0.670. The van der Waals surface area contributed by atoms with Crippen molar-refractivity contribution in [3.8, 4) is 0 Å². The van der Waals surface area contributed by atoms with E-state index >= 15 is 0 Å². The largest absolute Gasteiger partial charge is 0.478 e. The van der Waals surface area contributed by atoms with Crippen LogP contribution in [0.25, 0.3) is 0 Å². The smallest absolute Gasteiger partial charge is 0.335 e. The van der Waals surface area contributed by atoms with Gasteiger partial charge in [-0.3, -0.25) is 0 Å². The van der Waals surface area contributed by atoms with E-state index in [9.17, 15) is 9.59 Å². The number of carboxylic acids is 1. The minimum Gasteiger partial charge on any atom is -0.478 e. The Balaban J connectivity index is 1.77. The van der Waals surface area contributed by atoms with Crippen LogP contribution in [0, 0.1) is 0 Å². The van der Waals surface area contributed by atoms with Crippen LogP contribution in [0.3, 0.4) is 0 Å². The van der Waals surface area contributed by atoms with Crippen molar-refractivity contribution in [2.75, 3.05) is 17.6 Å². The topological polar surface area (TPSA) is 78.4 Å². The molecule has 20 heavy (non-hydrogen) atoms. The van der Waals surface area contributed by atoms with Crippen molar-refractivity contribution >= 4 is 29.4 Å². The highest BCUT2D eigenvalue weighted by Crippen LogP contribution is 2.24. The number of carbonyl (C=O) groups is 2. The van der Waals surface area contributed by atoms with Crippen LogP contribution in [-0.2, 0) is 0 Å². The number of amides is 2. The molecule has 0 aromatic heterocycles. The van der Waals surface area contributed by atoms with E-state index in [1.807, 2.05) is 11.8 Å². The number of urea groups is 1. The van der Waals surface area contributed by atoms with Crippen molar-refractivity contribution in [1.82, 2.24) is 5.32 Å². The average Bonchev–Trinajstić information content (AvgIpc) is 2.47. The van der Waals surface area contributed by atoms with Crippen LogP contribution < -0.4 is 10.6 Å². The third-order valence-electron chi connectivity index (χ3n) is 3.15. The lowest BCUT2D eigenvalue weighted by atomic mass is 10.2. The highest BCUT2D eigenvalue weighted by atomic mass is 32.2. The molecular formula is C14H18N2O3S. The summed E-state index contributed by atoms with van der Waals surface area (Å²) in [5, 5.41) is 14.8. The molecule has 0 spiro atoms. The van der Waals surface area contributed by atoms with Crippen molar-refractivity contribution < 1.29 is 14.7 Å². The predicted molar refractivity (Wildman–Crippen MR) is 80.5 cm³/mol. The molecular weight excluding hydrogens is 276 g/mol. The van der Waals surface area contributed by atoms with Crippen molar-refractivity contribution in [3.05, 3.63) is 29.8 Å². The molecule has 1 aliphatic heterocycles. The third kappa shape index (κ3) is 4.45. The molecule has 2 amide bonds. The molecule has 1 aromatic rings. The highest BCUT2D eigenvalue weighted by molar-refractivity contribution is 7.99. The molecule has 1 atom stereocenters. The summed E-state index contributed by atoms with van der Waals surface area (Å²) in [4.78, 5) is 22.4. The Labute approximate surface area is 122 Å². The lowest BCUT2D eigenvalue weighted by molar-refractivity contribution is 0.0697. The number of rotatable bonds is 4. The van der Waals surface area contributed by atoms with Gasteiger partial charge in [0.05, 0.1) is 5.56 Å². The molecule has 0 bridgehead atoms. The quantitative estimate of drug-likeness (QED) is 0.798. The molecule has 3 N–H and O–H groups in total. The van der Waals surface area contributed by atoms with Crippen LogP contribution in [0.5, 0.6) is 0 Å². The van der Waals surface area contributed by atoms with Gasteiger partial charge in [-0.15, -0.1) is 0 Å². The Hall–Kier alpha value is -1.69. The van der Waals surface area contributed by atoms with Crippen molar-refractivity contribution in [1.29, 1.82) is 0 Å². The predicted octanol–water partition coefficient (Wildman–Crippen LogP) is 2.79. The monoisotopic (exact) mass is 294 g/mol. The normalized spacial score (nSPS) is 18.3. The van der Waals surface area contributed by atoms with Crippen LogP contribution in [0.15, 0.2) is 24.3 Å². The number of carboxylic acid groups (broad SMARTS) is 1. The fourth-order valence-corrected chi connectivity index (χ4v) is 3.28. The molecule has 108 valence electrons. The maximum Gasteiger partial charge on any atom is 0.335 e. The molecule has 0 saturated carbocycles. The summed E-state index contributed by atoms with van der Waals surface area (Å²) < 4.78 is 0. The van der Waals surface area contributed by atoms with Gasteiger partial charge in [0.25, 0.3) is 0 Å². The molecule has 5 nitrogen and oxygen atoms in total. The standard InChI is InChI=1S/C14H18N2O3S/c17-13(18)10-4-6-11(7-5-10)16-14(19)15-9-12-3-1-2-8-20-12/h4-7,12H,1-3,8-9H2,(H,17,18)(H2,15,16,19). The lowest BCUT2D eigenvalue weighted by Crippen LogP contribution is -2.35. The van der Waals surface area contributed by atoms with E-state index < -0.39 is 5.97 Å². The number of benzene rings is 1. The Morgan fingerprint density at radius 1 is 1.25 bits per heavy atom. The molecule has 1 saturated heterocycles. The van der Waals surface area contributed by atoms with Crippen molar-refractivity contribution in [2.45, 2.75) is 24.5 Å². The van der Waals surface area contributed by atoms with Gasteiger partial charge in [0, 0.05) is 17.5 Å². The molecule has 1 fully saturated rings. The van der Waals surface area contributed by atoms with Gasteiger partial charge in [0.2, 0.25) is 0 Å². The Bertz CT molecular complexity index is 470. The summed E-state index contributed by atoms with van der Waals surface area (Å²) in [5.41, 5.74) is 0.790. The first kappa shape index (κ1) is 14.7. The maximum atomic E-state index is 11.7. The molecule has 0 aliphatic carbocycles. The Morgan fingerprint density at radius 3 is 2.60 bits per heavy atom. The van der Waals surface area contributed by atoms with E-state index in [2.05, 4.69) is 10.6 Å². The summed E-state index contributed by atoms with van der Waals surface area (Å²) in [5.74, 6) is 0.195. The zero-order valence-corrected chi connectivity index (χ0v) is 11.9. The van der Waals surface area contributed by atoms with Crippen LogP contribution in [0.2, 0.25) is 0 Å². The van der Waals surface area contributed by atoms with Gasteiger partial charge in [-0.1, -0.05) is 6.42 Å². The van der Waals surface area contributed by atoms with Crippen LogP contribution in [-0.4, -0.2) is 34.7 Å². The number of aromatic carboxylic acids is 1. The first-order valence-electron chi connectivity index (χ1n) is 6.65. The number of hydrogen-bond acceptors (Lipinski definition) is 3. The molecule has 2 rings (SSSR count). The lowest BCUT2D eigenvalue weighted by Gasteiger charge is -2.21. The summed E-state index contributed by atoms with van der Waals surface area (Å²) in [6.07, 6.45) is 3.65. The van der Waals surface area contributed by atoms with E-state index in [1.165, 1.54) is 30.7 Å². The van der Waals surface area contributed by atoms with Crippen LogP contribution in [0.4, 0.5) is 10.5 Å². The first-order valence-corrected chi connectivity index (χ1v) is 7.70. The molecule has 1 unspecified atom stereocenters. The van der Waals surface area contributed by atoms with Gasteiger partial charge < -0.3 is 15.7 Å². The zero-order valence-electron chi connectivity index (χ0n) is 11.1. The molecule has 6 heteroatoms. The van der Waals surface area contributed by atoms with E-state index in [4.69, 9.17) is 5.11 Å². The average molecular weight is 294 g/mol. The Morgan fingerprint density at radius 2 is 2.00 bits per heavy atom. The van der Waals surface area contributed by atoms with Gasteiger partial charge in [0.15, 0.2) is 0 Å². The first-order chi connectivity index (χ1) is 9.65. The van der Waals surface area contributed by atoms with E-state index in [0.717, 1.165) is 6.42 Å². The van der Waals surface area contributed by atoms with E-state index in [0.29, 0.717) is 17.5 Å². The second kappa shape index (κ2) is 7.19. The molecule has 1 aromatic carbocycles. The highest BCUT2D eigenvalue weighted by Gasteiger charge is 2.14.